The smallest absolute Gasteiger partial charge is 0.171 e. The molecule has 1 aromatic heterocycles. The third-order valence-corrected chi connectivity index (χ3v) is 4.84. The molecule has 0 amide bonds. The molecule has 1 aromatic carbocycles. The van der Waals surface area contributed by atoms with Gasteiger partial charge >= 0.3 is 0 Å². The molecule has 0 aliphatic carbocycles. The Hall–Kier alpha value is -1.60. The summed E-state index contributed by atoms with van der Waals surface area (Å²) >= 11 is 4.85. The van der Waals surface area contributed by atoms with Gasteiger partial charge in [-0.15, -0.1) is 11.3 Å². The van der Waals surface area contributed by atoms with Crippen LogP contribution in [0.3, 0.4) is 0 Å². The summed E-state index contributed by atoms with van der Waals surface area (Å²) in [5.41, 5.74) is 6.29. The summed E-state index contributed by atoms with van der Waals surface area (Å²) in [4.78, 5) is 3.10. The molecule has 0 atom stereocenters. The Labute approximate surface area is 134 Å². The number of oxime groups is 1. The number of hydrogen-bond donors (Lipinski definition) is 2. The molecule has 0 radical (unpaired) electrons. The molecule has 0 spiro atoms. The van der Waals surface area contributed by atoms with Gasteiger partial charge in [0.1, 0.15) is 0 Å². The highest BCUT2D eigenvalue weighted by atomic mass is 79.9. The molecule has 1 heterocycles. The lowest BCUT2D eigenvalue weighted by atomic mass is 10.1. The average Bonchev–Trinajstić information content (AvgIpc) is 3.00. The van der Waals surface area contributed by atoms with E-state index in [1.807, 2.05) is 23.4 Å². The van der Waals surface area contributed by atoms with E-state index in [4.69, 9.17) is 10.9 Å². The van der Waals surface area contributed by atoms with Crippen LogP contribution in [0, 0.1) is 5.82 Å². The highest BCUT2D eigenvalue weighted by Crippen LogP contribution is 2.29. The quantitative estimate of drug-likeness (QED) is 0.366. The first-order chi connectivity index (χ1) is 10.0. The van der Waals surface area contributed by atoms with Crippen LogP contribution in [-0.4, -0.2) is 24.6 Å². The van der Waals surface area contributed by atoms with E-state index in [1.165, 1.54) is 4.88 Å². The zero-order valence-corrected chi connectivity index (χ0v) is 13.8. The van der Waals surface area contributed by atoms with Gasteiger partial charge in [0.2, 0.25) is 0 Å². The molecule has 4 nitrogen and oxygen atoms in total. The van der Waals surface area contributed by atoms with E-state index in [2.05, 4.69) is 27.2 Å². The second kappa shape index (κ2) is 6.91. The van der Waals surface area contributed by atoms with E-state index in [0.717, 1.165) is 6.42 Å². The number of likely N-dealkylation sites (N-methyl/N-ethyl adjacent to an activating group) is 1. The molecule has 0 bridgehead atoms. The highest BCUT2D eigenvalue weighted by molar-refractivity contribution is 9.10. The van der Waals surface area contributed by atoms with Gasteiger partial charge in [0.15, 0.2) is 11.7 Å². The molecule has 2 rings (SSSR count). The number of nitrogens with zero attached hydrogens (tertiary/aromatic N) is 2. The topological polar surface area (TPSA) is 61.8 Å². The van der Waals surface area contributed by atoms with E-state index in [9.17, 15) is 4.39 Å². The van der Waals surface area contributed by atoms with Crippen molar-refractivity contribution >= 4 is 38.8 Å². The number of nitrogens with two attached hydrogens (primary N) is 1. The summed E-state index contributed by atoms with van der Waals surface area (Å²) in [6.45, 7) is 0.701. The molecule has 112 valence electrons. The van der Waals surface area contributed by atoms with Crippen LogP contribution in [-0.2, 0) is 6.42 Å². The average molecular weight is 372 g/mol. The second-order valence-corrected chi connectivity index (χ2v) is 6.32. The Morgan fingerprint density at radius 2 is 2.24 bits per heavy atom. The zero-order chi connectivity index (χ0) is 15.4. The van der Waals surface area contributed by atoms with Gasteiger partial charge in [0, 0.05) is 24.0 Å². The maximum absolute atomic E-state index is 14.4. The normalized spacial score (nSPS) is 11.7. The van der Waals surface area contributed by atoms with Crippen molar-refractivity contribution in [1.29, 1.82) is 0 Å². The minimum atomic E-state index is -0.423. The van der Waals surface area contributed by atoms with Crippen molar-refractivity contribution in [2.24, 2.45) is 10.9 Å². The van der Waals surface area contributed by atoms with Crippen LogP contribution >= 0.6 is 27.3 Å². The van der Waals surface area contributed by atoms with Crippen LogP contribution in [0.5, 0.6) is 0 Å². The van der Waals surface area contributed by atoms with Gasteiger partial charge in [-0.1, -0.05) is 11.2 Å². The third kappa shape index (κ3) is 3.54. The third-order valence-electron chi connectivity index (χ3n) is 3.13. The van der Waals surface area contributed by atoms with E-state index in [-0.39, 0.29) is 10.3 Å². The standard InChI is InChI=1S/C14H15BrFN3OS/c1-19(7-6-9-3-2-8-21-9)11-5-4-10(14(17)18-20)12(15)13(11)16/h2-5,8,20H,6-7H2,1H3,(H2,17,18). The predicted octanol–water partition coefficient (Wildman–Crippen LogP) is 3.42. The molecule has 0 aliphatic rings. The molecule has 21 heavy (non-hydrogen) atoms. The Bertz CT molecular complexity index is 646. The maximum Gasteiger partial charge on any atom is 0.171 e. The van der Waals surface area contributed by atoms with Crippen molar-refractivity contribution in [2.75, 3.05) is 18.5 Å². The van der Waals surface area contributed by atoms with Crippen LogP contribution in [0.15, 0.2) is 39.3 Å². The first-order valence-electron chi connectivity index (χ1n) is 6.24. The lowest BCUT2D eigenvalue weighted by Crippen LogP contribution is -2.22. The predicted molar refractivity (Wildman–Crippen MR) is 87.9 cm³/mol. The fraction of sp³-hybridized carbons (Fsp3) is 0.214. The fourth-order valence-electron chi connectivity index (χ4n) is 1.94. The maximum atomic E-state index is 14.4. The molecule has 2 aromatic rings. The number of hydrogen-bond acceptors (Lipinski definition) is 4. The Balaban J connectivity index is 2.18. The lowest BCUT2D eigenvalue weighted by Gasteiger charge is -2.21. The van der Waals surface area contributed by atoms with Crippen molar-refractivity contribution in [3.63, 3.8) is 0 Å². The molecule has 0 aliphatic heterocycles. The van der Waals surface area contributed by atoms with E-state index >= 15 is 0 Å². The summed E-state index contributed by atoms with van der Waals surface area (Å²) in [6.07, 6.45) is 0.854. The first kappa shape index (κ1) is 15.8. The van der Waals surface area contributed by atoms with Gasteiger partial charge in [-0.3, -0.25) is 0 Å². The summed E-state index contributed by atoms with van der Waals surface area (Å²) in [6, 6.07) is 7.32. The summed E-state index contributed by atoms with van der Waals surface area (Å²) in [7, 11) is 1.83. The highest BCUT2D eigenvalue weighted by Gasteiger charge is 2.16. The Morgan fingerprint density at radius 1 is 1.48 bits per heavy atom. The van der Waals surface area contributed by atoms with Crippen LogP contribution in [0.1, 0.15) is 10.4 Å². The van der Waals surface area contributed by atoms with Crippen molar-refractivity contribution in [3.8, 4) is 0 Å². The summed E-state index contributed by atoms with van der Waals surface area (Å²) < 4.78 is 14.6. The van der Waals surface area contributed by atoms with Gasteiger partial charge in [-0.05, 0) is 45.9 Å². The number of rotatable bonds is 5. The van der Waals surface area contributed by atoms with Crippen molar-refractivity contribution in [1.82, 2.24) is 0 Å². The van der Waals surface area contributed by atoms with Crippen molar-refractivity contribution in [3.05, 3.63) is 50.4 Å². The Morgan fingerprint density at radius 3 is 2.86 bits per heavy atom. The number of benzene rings is 1. The molecular weight excluding hydrogens is 357 g/mol. The fourth-order valence-corrected chi connectivity index (χ4v) is 3.18. The monoisotopic (exact) mass is 371 g/mol. The van der Waals surface area contributed by atoms with E-state index in [0.29, 0.717) is 17.8 Å². The molecular formula is C14H15BrFN3OS. The van der Waals surface area contributed by atoms with Gasteiger partial charge in [-0.25, -0.2) is 4.39 Å². The lowest BCUT2D eigenvalue weighted by molar-refractivity contribution is 0.318. The minimum Gasteiger partial charge on any atom is -0.409 e. The largest absolute Gasteiger partial charge is 0.409 e. The summed E-state index contributed by atoms with van der Waals surface area (Å²) in [5, 5.41) is 13.6. The van der Waals surface area contributed by atoms with Crippen LogP contribution < -0.4 is 10.6 Å². The molecule has 0 saturated carbocycles. The number of amidine groups is 1. The molecule has 7 heteroatoms. The van der Waals surface area contributed by atoms with Crippen molar-refractivity contribution < 1.29 is 9.60 Å². The zero-order valence-electron chi connectivity index (χ0n) is 11.4. The Kier molecular flexibility index (Phi) is 5.19. The van der Waals surface area contributed by atoms with Crippen molar-refractivity contribution in [2.45, 2.75) is 6.42 Å². The number of halogens is 2. The molecule has 0 saturated heterocycles. The van der Waals surface area contributed by atoms with E-state index < -0.39 is 5.82 Å². The van der Waals surface area contributed by atoms with E-state index in [1.54, 1.807) is 23.5 Å². The van der Waals surface area contributed by atoms with Crippen LogP contribution in [0.4, 0.5) is 10.1 Å². The van der Waals surface area contributed by atoms with Gasteiger partial charge in [0.25, 0.3) is 0 Å². The molecule has 3 N–H and O–H groups in total. The van der Waals surface area contributed by atoms with Gasteiger partial charge < -0.3 is 15.8 Å². The van der Waals surface area contributed by atoms with Crippen LogP contribution in [0.25, 0.3) is 0 Å². The van der Waals surface area contributed by atoms with Gasteiger partial charge in [0.05, 0.1) is 10.2 Å². The summed E-state index contributed by atoms with van der Waals surface area (Å²) in [5.74, 6) is -0.554. The SMILES string of the molecule is CN(CCc1cccs1)c1ccc(/C(N)=N/O)c(Br)c1F. The molecule has 0 unspecified atom stereocenters. The van der Waals surface area contributed by atoms with Gasteiger partial charge in [-0.2, -0.15) is 0 Å². The number of anilines is 1. The number of thiophene rings is 1. The molecule has 0 fully saturated rings. The second-order valence-electron chi connectivity index (χ2n) is 4.50. The van der Waals surface area contributed by atoms with Crippen LogP contribution in [0.2, 0.25) is 0 Å². The minimum absolute atomic E-state index is 0.131. The first-order valence-corrected chi connectivity index (χ1v) is 7.91.